The molecule has 0 spiro atoms. The van der Waals surface area contributed by atoms with Crippen molar-refractivity contribution in [3.05, 3.63) is 45.5 Å². The second kappa shape index (κ2) is 4.40. The summed E-state index contributed by atoms with van der Waals surface area (Å²) in [6, 6.07) is 7.43. The third-order valence-corrected chi connectivity index (χ3v) is 3.45. The van der Waals surface area contributed by atoms with Gasteiger partial charge in [-0.15, -0.1) is 0 Å². The average Bonchev–Trinajstić information content (AvgIpc) is 3.06. The van der Waals surface area contributed by atoms with E-state index in [0.29, 0.717) is 0 Å². The molecule has 96 valence electrons. The molecule has 5 nitrogen and oxygen atoms in total. The zero-order valence-electron chi connectivity index (χ0n) is 10.4. The second-order valence-electron chi connectivity index (χ2n) is 4.52. The topological polar surface area (TPSA) is 69.4 Å². The molecule has 1 aromatic rings. The predicted octanol–water partition coefficient (Wildman–Crippen LogP) is 2.06. The largest absolute Gasteiger partial charge is 0.461 e. The van der Waals surface area contributed by atoms with E-state index >= 15 is 0 Å². The highest BCUT2D eigenvalue weighted by molar-refractivity contribution is 5.85. The van der Waals surface area contributed by atoms with Crippen molar-refractivity contribution in [3.63, 3.8) is 0 Å². The summed E-state index contributed by atoms with van der Waals surface area (Å²) >= 11 is 0. The number of esters is 1. The van der Waals surface area contributed by atoms with E-state index in [1.54, 1.807) is 6.92 Å². The Hall–Kier alpha value is -1.91. The molecule has 0 heterocycles. The number of benzene rings is 1. The first-order valence-corrected chi connectivity index (χ1v) is 5.91. The van der Waals surface area contributed by atoms with Crippen LogP contribution in [-0.4, -0.2) is 23.0 Å². The lowest BCUT2D eigenvalue weighted by atomic mass is 10.0. The Bertz CT molecular complexity index is 500. The van der Waals surface area contributed by atoms with Crippen LogP contribution in [0.4, 0.5) is 0 Å². The van der Waals surface area contributed by atoms with E-state index < -0.39 is 16.4 Å². The van der Waals surface area contributed by atoms with Crippen LogP contribution in [0.2, 0.25) is 0 Å². The molecular weight excluding hydrogens is 234 g/mol. The Kier molecular flexibility index (Phi) is 3.07. The maximum Gasteiger partial charge on any atom is 0.385 e. The van der Waals surface area contributed by atoms with Crippen molar-refractivity contribution in [2.75, 3.05) is 6.61 Å². The number of carbonyl (C=O) groups is 1. The van der Waals surface area contributed by atoms with Crippen LogP contribution < -0.4 is 0 Å². The molecule has 1 aliphatic carbocycles. The van der Waals surface area contributed by atoms with Gasteiger partial charge in [0.2, 0.25) is 0 Å². The van der Waals surface area contributed by atoms with Crippen LogP contribution in [0.3, 0.4) is 0 Å². The first-order valence-electron chi connectivity index (χ1n) is 5.91. The summed E-state index contributed by atoms with van der Waals surface area (Å²) in [4.78, 5) is 22.5. The van der Waals surface area contributed by atoms with Gasteiger partial charge < -0.3 is 4.74 Å². The minimum absolute atomic E-state index is 0.162. The van der Waals surface area contributed by atoms with Gasteiger partial charge in [-0.3, -0.25) is 10.1 Å². The minimum Gasteiger partial charge on any atom is -0.461 e. The summed E-state index contributed by atoms with van der Waals surface area (Å²) in [5, 5.41) is 11.2. The van der Waals surface area contributed by atoms with Crippen molar-refractivity contribution in [2.45, 2.75) is 31.7 Å². The van der Waals surface area contributed by atoms with E-state index in [-0.39, 0.29) is 18.9 Å². The van der Waals surface area contributed by atoms with Gasteiger partial charge in [0.1, 0.15) is 0 Å². The third kappa shape index (κ3) is 1.75. The molecule has 2 unspecified atom stereocenters. The molecule has 0 aromatic heterocycles. The molecule has 0 N–H and O–H groups in total. The molecule has 1 aromatic carbocycles. The Morgan fingerprint density at radius 3 is 2.78 bits per heavy atom. The zero-order valence-corrected chi connectivity index (χ0v) is 10.4. The summed E-state index contributed by atoms with van der Waals surface area (Å²) in [6.45, 7) is 3.70. The Morgan fingerprint density at radius 2 is 2.22 bits per heavy atom. The molecule has 2 rings (SSSR count). The van der Waals surface area contributed by atoms with Crippen molar-refractivity contribution in [2.24, 2.45) is 0 Å². The number of nitro groups is 1. The fourth-order valence-corrected chi connectivity index (χ4v) is 2.36. The summed E-state index contributed by atoms with van der Waals surface area (Å²) < 4.78 is 4.84. The van der Waals surface area contributed by atoms with Gasteiger partial charge in [0.25, 0.3) is 0 Å². The lowest BCUT2D eigenvalue weighted by Gasteiger charge is -2.09. The molecule has 0 bridgehead atoms. The van der Waals surface area contributed by atoms with E-state index in [9.17, 15) is 14.9 Å². The molecular formula is C13H15NO4. The molecule has 1 fully saturated rings. The molecule has 1 aliphatic rings. The maximum atomic E-state index is 11.8. The van der Waals surface area contributed by atoms with Crippen LogP contribution in [0.25, 0.3) is 0 Å². The van der Waals surface area contributed by atoms with E-state index in [2.05, 4.69) is 0 Å². The summed E-state index contributed by atoms with van der Waals surface area (Å²) in [7, 11) is 0. The van der Waals surface area contributed by atoms with Crippen molar-refractivity contribution >= 4 is 5.97 Å². The summed E-state index contributed by atoms with van der Waals surface area (Å²) in [6.07, 6.45) is 0.226. The van der Waals surface area contributed by atoms with Crippen molar-refractivity contribution < 1.29 is 14.5 Å². The second-order valence-corrected chi connectivity index (χ2v) is 4.52. The predicted molar refractivity (Wildman–Crippen MR) is 64.9 cm³/mol. The number of ether oxygens (including phenoxy) is 1. The number of hydrogen-bond acceptors (Lipinski definition) is 4. The standard InChI is InChI=1S/C13H15NO4/c1-3-18-12(15)13(14(16)17)8-11(13)10-7-5-4-6-9(10)2/h4-7,11H,3,8H2,1-2H3. The fourth-order valence-electron chi connectivity index (χ4n) is 2.36. The number of rotatable bonds is 4. The molecule has 5 heteroatoms. The van der Waals surface area contributed by atoms with Gasteiger partial charge in [-0.05, 0) is 25.0 Å². The molecule has 1 saturated carbocycles. The fraction of sp³-hybridized carbons (Fsp3) is 0.462. The van der Waals surface area contributed by atoms with Gasteiger partial charge in [-0.1, -0.05) is 24.3 Å². The summed E-state index contributed by atoms with van der Waals surface area (Å²) in [5.41, 5.74) is 0.264. The molecule has 0 amide bonds. The number of nitrogens with zero attached hydrogens (tertiary/aromatic N) is 1. The van der Waals surface area contributed by atoms with Gasteiger partial charge >= 0.3 is 11.5 Å². The van der Waals surface area contributed by atoms with E-state index in [4.69, 9.17) is 4.74 Å². The molecule has 18 heavy (non-hydrogen) atoms. The van der Waals surface area contributed by atoms with E-state index in [1.807, 2.05) is 31.2 Å². The van der Waals surface area contributed by atoms with Crippen LogP contribution in [0, 0.1) is 17.0 Å². The highest BCUT2D eigenvalue weighted by atomic mass is 16.6. The van der Waals surface area contributed by atoms with Crippen LogP contribution >= 0.6 is 0 Å². The zero-order chi connectivity index (χ0) is 13.3. The van der Waals surface area contributed by atoms with Crippen LogP contribution in [0.5, 0.6) is 0 Å². The number of carbonyl (C=O) groups excluding carboxylic acids is 1. The quantitative estimate of drug-likeness (QED) is 0.465. The number of hydrogen-bond donors (Lipinski definition) is 0. The van der Waals surface area contributed by atoms with Gasteiger partial charge in [0, 0.05) is 11.3 Å². The molecule has 0 radical (unpaired) electrons. The van der Waals surface area contributed by atoms with Gasteiger partial charge in [-0.2, -0.15) is 0 Å². The van der Waals surface area contributed by atoms with Crippen LogP contribution in [0.15, 0.2) is 24.3 Å². The van der Waals surface area contributed by atoms with Crippen molar-refractivity contribution in [1.82, 2.24) is 0 Å². The van der Waals surface area contributed by atoms with Gasteiger partial charge in [-0.25, -0.2) is 4.79 Å². The highest BCUT2D eigenvalue weighted by Gasteiger charge is 2.74. The summed E-state index contributed by atoms with van der Waals surface area (Å²) in [5.74, 6) is -1.09. The third-order valence-electron chi connectivity index (χ3n) is 3.45. The van der Waals surface area contributed by atoms with Crippen molar-refractivity contribution in [3.8, 4) is 0 Å². The molecule has 2 atom stereocenters. The van der Waals surface area contributed by atoms with Crippen LogP contribution in [-0.2, 0) is 9.53 Å². The smallest absolute Gasteiger partial charge is 0.385 e. The van der Waals surface area contributed by atoms with Gasteiger partial charge in [0.15, 0.2) is 0 Å². The average molecular weight is 249 g/mol. The molecule has 0 aliphatic heterocycles. The maximum absolute atomic E-state index is 11.8. The van der Waals surface area contributed by atoms with Crippen molar-refractivity contribution in [1.29, 1.82) is 0 Å². The molecule has 0 saturated heterocycles. The lowest BCUT2D eigenvalue weighted by Crippen LogP contribution is -2.35. The SMILES string of the molecule is CCOC(=O)C1([N+](=O)[O-])CC1c1ccccc1C. The Morgan fingerprint density at radius 1 is 1.56 bits per heavy atom. The van der Waals surface area contributed by atoms with E-state index in [1.165, 1.54) is 0 Å². The minimum atomic E-state index is -1.57. The lowest BCUT2D eigenvalue weighted by molar-refractivity contribution is -0.527. The van der Waals surface area contributed by atoms with Crippen LogP contribution in [0.1, 0.15) is 30.4 Å². The first kappa shape index (κ1) is 12.5. The Balaban J connectivity index is 2.31. The first-order chi connectivity index (χ1) is 8.54. The normalized spacial score (nSPS) is 25.6. The van der Waals surface area contributed by atoms with Gasteiger partial charge in [0.05, 0.1) is 12.5 Å². The highest BCUT2D eigenvalue weighted by Crippen LogP contribution is 2.55. The Labute approximate surface area is 105 Å². The monoisotopic (exact) mass is 249 g/mol. The number of aryl methyl sites for hydroxylation is 1. The van der Waals surface area contributed by atoms with E-state index in [0.717, 1.165) is 11.1 Å².